The minimum absolute atomic E-state index is 0.141. The minimum atomic E-state index is -4.73. The molecular formula is C8H13F3O3. The Kier molecular flexibility index (Phi) is 4.90. The second-order valence-electron chi connectivity index (χ2n) is 3.12. The maximum absolute atomic E-state index is 11.9. The lowest BCUT2D eigenvalue weighted by molar-refractivity contribution is -0.209. The van der Waals surface area contributed by atoms with Gasteiger partial charge < -0.3 is 10.2 Å². The summed E-state index contributed by atoms with van der Waals surface area (Å²) < 4.78 is 35.6. The molecule has 2 atom stereocenters. The maximum atomic E-state index is 11.9. The van der Waals surface area contributed by atoms with Gasteiger partial charge in [0.05, 0.1) is 5.92 Å². The van der Waals surface area contributed by atoms with Crippen LogP contribution in [0.2, 0.25) is 0 Å². The van der Waals surface area contributed by atoms with Gasteiger partial charge >= 0.3 is 12.1 Å². The fourth-order valence-electron chi connectivity index (χ4n) is 1.09. The fourth-order valence-corrected chi connectivity index (χ4v) is 1.09. The number of alkyl halides is 3. The summed E-state index contributed by atoms with van der Waals surface area (Å²) in [7, 11) is 0. The monoisotopic (exact) mass is 214 g/mol. The van der Waals surface area contributed by atoms with Crippen LogP contribution in [0.15, 0.2) is 0 Å². The average Bonchev–Trinajstić information content (AvgIpc) is 2.01. The average molecular weight is 214 g/mol. The third-order valence-electron chi connectivity index (χ3n) is 1.87. The van der Waals surface area contributed by atoms with Crippen molar-refractivity contribution >= 4 is 5.97 Å². The molecule has 0 rings (SSSR count). The van der Waals surface area contributed by atoms with E-state index in [1.54, 1.807) is 6.92 Å². The van der Waals surface area contributed by atoms with Crippen LogP contribution in [0.5, 0.6) is 0 Å². The third-order valence-corrected chi connectivity index (χ3v) is 1.87. The van der Waals surface area contributed by atoms with Gasteiger partial charge in [0.2, 0.25) is 0 Å². The number of carbonyl (C=O) groups is 1. The van der Waals surface area contributed by atoms with Gasteiger partial charge in [0.1, 0.15) is 0 Å². The first-order chi connectivity index (χ1) is 6.29. The van der Waals surface area contributed by atoms with Crippen molar-refractivity contribution in [3.05, 3.63) is 0 Å². The van der Waals surface area contributed by atoms with E-state index in [-0.39, 0.29) is 6.42 Å². The molecule has 0 aromatic carbocycles. The highest BCUT2D eigenvalue weighted by Crippen LogP contribution is 2.26. The first-order valence-electron chi connectivity index (χ1n) is 4.26. The Hall–Kier alpha value is -0.780. The van der Waals surface area contributed by atoms with Crippen LogP contribution >= 0.6 is 0 Å². The summed E-state index contributed by atoms with van der Waals surface area (Å²) in [6.45, 7) is 1.68. The predicted octanol–water partition coefficient (Wildman–Crippen LogP) is 1.80. The van der Waals surface area contributed by atoms with Crippen molar-refractivity contribution in [3.63, 3.8) is 0 Å². The highest BCUT2D eigenvalue weighted by Gasteiger charge is 2.40. The first kappa shape index (κ1) is 13.2. The van der Waals surface area contributed by atoms with E-state index >= 15 is 0 Å². The molecule has 0 aromatic rings. The quantitative estimate of drug-likeness (QED) is 0.733. The minimum Gasteiger partial charge on any atom is -0.481 e. The maximum Gasteiger partial charge on any atom is 0.414 e. The molecule has 0 bridgehead atoms. The molecule has 0 amide bonds. The van der Waals surface area contributed by atoms with E-state index in [1.807, 2.05) is 0 Å². The van der Waals surface area contributed by atoms with E-state index in [4.69, 9.17) is 10.2 Å². The highest BCUT2D eigenvalue weighted by molar-refractivity contribution is 5.69. The summed E-state index contributed by atoms with van der Waals surface area (Å²) in [5, 5.41) is 17.2. The molecule has 14 heavy (non-hydrogen) atoms. The Morgan fingerprint density at radius 2 is 1.93 bits per heavy atom. The van der Waals surface area contributed by atoms with Crippen LogP contribution in [0.4, 0.5) is 13.2 Å². The normalized spacial score (nSPS) is 16.4. The lowest BCUT2D eigenvalue weighted by Crippen LogP contribution is -2.32. The van der Waals surface area contributed by atoms with E-state index < -0.39 is 30.6 Å². The van der Waals surface area contributed by atoms with Crippen molar-refractivity contribution < 1.29 is 28.2 Å². The number of carboxylic acids is 1. The van der Waals surface area contributed by atoms with Gasteiger partial charge in [-0.05, 0) is 12.8 Å². The molecule has 0 saturated carbocycles. The summed E-state index contributed by atoms with van der Waals surface area (Å²) in [6.07, 6.45) is -7.44. The van der Waals surface area contributed by atoms with Gasteiger partial charge in [-0.1, -0.05) is 13.3 Å². The van der Waals surface area contributed by atoms with Crippen molar-refractivity contribution in [2.24, 2.45) is 5.92 Å². The SMILES string of the molecule is CCCC(CC(O)C(F)(F)F)C(=O)O. The molecule has 0 aliphatic rings. The van der Waals surface area contributed by atoms with E-state index in [1.165, 1.54) is 0 Å². The molecule has 6 heteroatoms. The van der Waals surface area contributed by atoms with Crippen molar-refractivity contribution in [3.8, 4) is 0 Å². The van der Waals surface area contributed by atoms with E-state index in [2.05, 4.69) is 0 Å². The Morgan fingerprint density at radius 3 is 2.21 bits per heavy atom. The Bertz CT molecular complexity index is 191. The lowest BCUT2D eigenvalue weighted by Gasteiger charge is -2.18. The largest absolute Gasteiger partial charge is 0.481 e. The summed E-state index contributed by atoms with van der Waals surface area (Å²) in [5.41, 5.74) is 0. The van der Waals surface area contributed by atoms with Gasteiger partial charge in [-0.3, -0.25) is 4.79 Å². The smallest absolute Gasteiger partial charge is 0.414 e. The first-order valence-corrected chi connectivity index (χ1v) is 4.26. The summed E-state index contributed by atoms with van der Waals surface area (Å²) in [5.74, 6) is -2.42. The molecule has 0 fully saturated rings. The van der Waals surface area contributed by atoms with Crippen molar-refractivity contribution in [2.45, 2.75) is 38.5 Å². The summed E-state index contributed by atoms with van der Waals surface area (Å²) in [6, 6.07) is 0. The number of halogens is 3. The van der Waals surface area contributed by atoms with Gasteiger partial charge in [0.25, 0.3) is 0 Å². The van der Waals surface area contributed by atoms with Crippen LogP contribution < -0.4 is 0 Å². The number of aliphatic hydroxyl groups is 1. The van der Waals surface area contributed by atoms with Gasteiger partial charge in [-0.2, -0.15) is 13.2 Å². The van der Waals surface area contributed by atoms with E-state index in [9.17, 15) is 18.0 Å². The van der Waals surface area contributed by atoms with Crippen LogP contribution in [-0.4, -0.2) is 28.5 Å². The Morgan fingerprint density at radius 1 is 1.43 bits per heavy atom. The molecule has 2 unspecified atom stereocenters. The van der Waals surface area contributed by atoms with Crippen LogP contribution in [0.3, 0.4) is 0 Å². The third kappa shape index (κ3) is 4.45. The van der Waals surface area contributed by atoms with Crippen molar-refractivity contribution in [2.75, 3.05) is 0 Å². The lowest BCUT2D eigenvalue weighted by atomic mass is 9.96. The summed E-state index contributed by atoms with van der Waals surface area (Å²) >= 11 is 0. The van der Waals surface area contributed by atoms with E-state index in [0.29, 0.717) is 6.42 Å². The molecule has 0 saturated heterocycles. The Balaban J connectivity index is 4.23. The highest BCUT2D eigenvalue weighted by atomic mass is 19.4. The predicted molar refractivity (Wildman–Crippen MR) is 42.7 cm³/mol. The Labute approximate surface area is 79.5 Å². The standard InChI is InChI=1S/C8H13F3O3/c1-2-3-5(7(13)14)4-6(12)8(9,10)11/h5-6,12H,2-4H2,1H3,(H,13,14). The molecule has 2 N–H and O–H groups in total. The van der Waals surface area contributed by atoms with Gasteiger partial charge in [0, 0.05) is 0 Å². The molecule has 0 aliphatic carbocycles. The van der Waals surface area contributed by atoms with Gasteiger partial charge in [0.15, 0.2) is 6.10 Å². The molecule has 84 valence electrons. The van der Waals surface area contributed by atoms with E-state index in [0.717, 1.165) is 0 Å². The topological polar surface area (TPSA) is 57.5 Å². The second kappa shape index (κ2) is 5.19. The number of hydrogen-bond acceptors (Lipinski definition) is 2. The molecule has 0 heterocycles. The number of aliphatic carboxylic acids is 1. The molecule has 0 aromatic heterocycles. The van der Waals surface area contributed by atoms with Crippen LogP contribution in [0, 0.1) is 5.92 Å². The zero-order chi connectivity index (χ0) is 11.4. The van der Waals surface area contributed by atoms with Gasteiger partial charge in [-0.15, -0.1) is 0 Å². The molecule has 0 spiro atoms. The fraction of sp³-hybridized carbons (Fsp3) is 0.875. The van der Waals surface area contributed by atoms with Crippen molar-refractivity contribution in [1.82, 2.24) is 0 Å². The van der Waals surface area contributed by atoms with Crippen LogP contribution in [0.1, 0.15) is 26.2 Å². The summed E-state index contributed by atoms with van der Waals surface area (Å²) in [4.78, 5) is 10.5. The van der Waals surface area contributed by atoms with Crippen LogP contribution in [-0.2, 0) is 4.79 Å². The number of carboxylic acid groups (broad SMARTS) is 1. The van der Waals surface area contributed by atoms with Crippen molar-refractivity contribution in [1.29, 1.82) is 0 Å². The second-order valence-corrected chi connectivity index (χ2v) is 3.12. The number of hydrogen-bond donors (Lipinski definition) is 2. The van der Waals surface area contributed by atoms with Gasteiger partial charge in [-0.25, -0.2) is 0 Å². The molecular weight excluding hydrogens is 201 g/mol. The van der Waals surface area contributed by atoms with Crippen LogP contribution in [0.25, 0.3) is 0 Å². The molecule has 3 nitrogen and oxygen atoms in total. The zero-order valence-corrected chi connectivity index (χ0v) is 7.71. The molecule has 0 aliphatic heterocycles. The number of rotatable bonds is 5. The zero-order valence-electron chi connectivity index (χ0n) is 7.71. The number of aliphatic hydroxyl groups excluding tert-OH is 1. The molecule has 0 radical (unpaired) electrons.